The fourth-order valence-electron chi connectivity index (χ4n) is 3.37. The molecule has 0 aromatic rings. The number of carbonyl (C=O) groups is 2. The lowest BCUT2D eigenvalue weighted by Gasteiger charge is -2.17. The van der Waals surface area contributed by atoms with E-state index in [4.69, 9.17) is 4.74 Å². The Morgan fingerprint density at radius 1 is 1.29 bits per heavy atom. The second-order valence-corrected chi connectivity index (χ2v) is 5.34. The molecule has 90 valence electrons. The van der Waals surface area contributed by atoms with Crippen LogP contribution in [0.2, 0.25) is 0 Å². The fourth-order valence-corrected chi connectivity index (χ4v) is 3.37. The Labute approximate surface area is 101 Å². The van der Waals surface area contributed by atoms with E-state index >= 15 is 0 Å². The van der Waals surface area contributed by atoms with Crippen LogP contribution in [0.3, 0.4) is 0 Å². The van der Waals surface area contributed by atoms with Crippen LogP contribution in [-0.4, -0.2) is 17.9 Å². The average Bonchev–Trinajstić information content (AvgIpc) is 2.71. The van der Waals surface area contributed by atoms with Gasteiger partial charge in [0.15, 0.2) is 5.78 Å². The summed E-state index contributed by atoms with van der Waals surface area (Å²) in [5.41, 5.74) is 2.81. The first-order valence-electron chi connectivity index (χ1n) is 6.23. The van der Waals surface area contributed by atoms with Crippen LogP contribution in [0.1, 0.15) is 32.6 Å². The molecule has 2 aliphatic carbocycles. The first-order valence-corrected chi connectivity index (χ1v) is 6.23. The first-order chi connectivity index (χ1) is 8.08. The Balaban J connectivity index is 1.98. The van der Waals surface area contributed by atoms with Crippen LogP contribution >= 0.6 is 0 Å². The average molecular weight is 232 g/mol. The van der Waals surface area contributed by atoms with Crippen LogP contribution in [-0.2, 0) is 14.3 Å². The van der Waals surface area contributed by atoms with Gasteiger partial charge in [-0.2, -0.15) is 0 Å². The van der Waals surface area contributed by atoms with Gasteiger partial charge in [-0.15, -0.1) is 0 Å². The van der Waals surface area contributed by atoms with E-state index in [1.807, 2.05) is 0 Å². The number of ketones is 1. The quantitative estimate of drug-likeness (QED) is 0.475. The zero-order valence-electron chi connectivity index (χ0n) is 9.99. The molecule has 1 saturated heterocycles. The molecule has 1 fully saturated rings. The molecule has 0 bridgehead atoms. The summed E-state index contributed by atoms with van der Waals surface area (Å²) in [5, 5.41) is 0. The van der Waals surface area contributed by atoms with Crippen molar-refractivity contribution >= 4 is 11.8 Å². The van der Waals surface area contributed by atoms with Crippen molar-refractivity contribution in [1.29, 1.82) is 0 Å². The Kier molecular flexibility index (Phi) is 2.25. The number of carbonyl (C=O) groups excluding carboxylic acids is 2. The summed E-state index contributed by atoms with van der Waals surface area (Å²) < 4.78 is 5.35. The third-order valence-electron chi connectivity index (χ3n) is 4.37. The highest BCUT2D eigenvalue weighted by Gasteiger charge is 2.44. The smallest absolute Gasteiger partial charge is 0.334 e. The lowest BCUT2D eigenvalue weighted by Crippen LogP contribution is -2.18. The number of ether oxygens (including phenoxy) is 1. The lowest BCUT2D eigenvalue weighted by atomic mass is 9.89. The monoisotopic (exact) mass is 232 g/mol. The molecule has 0 amide bonds. The van der Waals surface area contributed by atoms with Crippen molar-refractivity contribution in [3.8, 4) is 0 Å². The van der Waals surface area contributed by atoms with Gasteiger partial charge < -0.3 is 4.74 Å². The molecule has 0 spiro atoms. The lowest BCUT2D eigenvalue weighted by molar-refractivity contribution is -0.139. The molecule has 3 rings (SSSR count). The second-order valence-electron chi connectivity index (χ2n) is 5.34. The van der Waals surface area contributed by atoms with E-state index in [-0.39, 0.29) is 23.8 Å². The summed E-state index contributed by atoms with van der Waals surface area (Å²) in [6.45, 7) is 5.95. The van der Waals surface area contributed by atoms with Crippen LogP contribution < -0.4 is 0 Å². The predicted molar refractivity (Wildman–Crippen MR) is 62.2 cm³/mol. The van der Waals surface area contributed by atoms with Crippen molar-refractivity contribution in [2.24, 2.45) is 11.8 Å². The number of hydrogen-bond acceptors (Lipinski definition) is 3. The van der Waals surface area contributed by atoms with E-state index in [9.17, 15) is 9.59 Å². The summed E-state index contributed by atoms with van der Waals surface area (Å²) in [6.07, 6.45) is 2.97. The van der Waals surface area contributed by atoms with E-state index in [1.165, 1.54) is 5.57 Å². The van der Waals surface area contributed by atoms with Gasteiger partial charge in [-0.05, 0) is 30.8 Å². The molecular weight excluding hydrogens is 216 g/mol. The molecule has 0 N–H and O–H groups in total. The largest absolute Gasteiger partial charge is 0.458 e. The molecule has 1 heterocycles. The number of rotatable bonds is 0. The van der Waals surface area contributed by atoms with Gasteiger partial charge in [-0.3, -0.25) is 4.79 Å². The molecule has 0 saturated carbocycles. The van der Waals surface area contributed by atoms with E-state index in [0.29, 0.717) is 24.3 Å². The van der Waals surface area contributed by atoms with Crippen molar-refractivity contribution in [2.75, 3.05) is 0 Å². The molecular formula is C14H16O3. The van der Waals surface area contributed by atoms with Gasteiger partial charge >= 0.3 is 5.97 Å². The number of fused-ring (bicyclic) bond motifs is 1. The number of esters is 1. The van der Waals surface area contributed by atoms with Crippen LogP contribution in [0.15, 0.2) is 23.3 Å². The molecule has 17 heavy (non-hydrogen) atoms. The van der Waals surface area contributed by atoms with Crippen LogP contribution in [0, 0.1) is 11.8 Å². The summed E-state index contributed by atoms with van der Waals surface area (Å²) in [7, 11) is 0. The minimum atomic E-state index is -0.276. The third-order valence-corrected chi connectivity index (χ3v) is 4.37. The fraction of sp³-hybridized carbons (Fsp3) is 0.571. The molecule has 3 unspecified atom stereocenters. The molecule has 0 aromatic carbocycles. The topological polar surface area (TPSA) is 43.4 Å². The zero-order valence-corrected chi connectivity index (χ0v) is 9.99. The molecule has 0 radical (unpaired) electrons. The van der Waals surface area contributed by atoms with Gasteiger partial charge in [-0.1, -0.05) is 19.1 Å². The number of allylic oxidation sites excluding steroid dienone is 2. The summed E-state index contributed by atoms with van der Waals surface area (Å²) in [6, 6.07) is 0. The number of hydrogen-bond donors (Lipinski definition) is 0. The van der Waals surface area contributed by atoms with Gasteiger partial charge in [0, 0.05) is 17.9 Å². The Morgan fingerprint density at radius 2 is 2.06 bits per heavy atom. The van der Waals surface area contributed by atoms with Crippen LogP contribution in [0.4, 0.5) is 0 Å². The highest BCUT2D eigenvalue weighted by Crippen LogP contribution is 2.44. The SMILES string of the molecule is C=C1C(=O)OC2CC(C)C3=C(CC12)C(=O)CC3. The van der Waals surface area contributed by atoms with E-state index in [1.54, 1.807) is 0 Å². The van der Waals surface area contributed by atoms with Gasteiger partial charge in [0.1, 0.15) is 6.10 Å². The van der Waals surface area contributed by atoms with Gasteiger partial charge in [0.05, 0.1) is 0 Å². The van der Waals surface area contributed by atoms with Gasteiger partial charge in [0.25, 0.3) is 0 Å². The van der Waals surface area contributed by atoms with Gasteiger partial charge in [0.2, 0.25) is 0 Å². The molecule has 3 heteroatoms. The van der Waals surface area contributed by atoms with Gasteiger partial charge in [-0.25, -0.2) is 4.79 Å². The number of Topliss-reactive ketones (excluding diaryl/α,β-unsaturated/α-hetero) is 1. The molecule has 1 aliphatic heterocycles. The van der Waals surface area contributed by atoms with E-state index < -0.39 is 0 Å². The highest BCUT2D eigenvalue weighted by molar-refractivity contribution is 5.99. The van der Waals surface area contributed by atoms with Crippen molar-refractivity contribution < 1.29 is 14.3 Å². The van der Waals surface area contributed by atoms with Crippen LogP contribution in [0.5, 0.6) is 0 Å². The normalized spacial score (nSPS) is 36.8. The second kappa shape index (κ2) is 3.56. The minimum Gasteiger partial charge on any atom is -0.458 e. The van der Waals surface area contributed by atoms with Crippen molar-refractivity contribution in [3.63, 3.8) is 0 Å². The van der Waals surface area contributed by atoms with Crippen LogP contribution in [0.25, 0.3) is 0 Å². The molecule has 0 aromatic heterocycles. The maximum Gasteiger partial charge on any atom is 0.334 e. The molecule has 3 atom stereocenters. The summed E-state index contributed by atoms with van der Waals surface area (Å²) in [5.74, 6) is 0.367. The van der Waals surface area contributed by atoms with E-state index in [2.05, 4.69) is 13.5 Å². The predicted octanol–water partition coefficient (Wildman–Crippen LogP) is 2.17. The van der Waals surface area contributed by atoms with E-state index in [0.717, 1.165) is 18.4 Å². The first kappa shape index (κ1) is 10.8. The maximum absolute atomic E-state index is 11.9. The standard InChI is InChI=1S/C14H16O3/c1-7-5-13-10(8(2)14(16)17-13)6-11-9(7)3-4-12(11)15/h7,10,13H,2-6H2,1H3. The van der Waals surface area contributed by atoms with Crippen molar-refractivity contribution in [1.82, 2.24) is 0 Å². The Morgan fingerprint density at radius 3 is 2.82 bits per heavy atom. The highest BCUT2D eigenvalue weighted by atomic mass is 16.6. The van der Waals surface area contributed by atoms with Crippen molar-refractivity contribution in [2.45, 2.75) is 38.7 Å². The summed E-state index contributed by atoms with van der Waals surface area (Å²) >= 11 is 0. The maximum atomic E-state index is 11.9. The molecule has 3 aliphatic rings. The Hall–Kier alpha value is -1.38. The Bertz CT molecular complexity index is 458. The minimum absolute atomic E-state index is 0.0273. The van der Waals surface area contributed by atoms with Crippen molar-refractivity contribution in [3.05, 3.63) is 23.3 Å². The third kappa shape index (κ3) is 1.48. The zero-order chi connectivity index (χ0) is 12.2. The molecule has 3 nitrogen and oxygen atoms in total. The summed E-state index contributed by atoms with van der Waals surface area (Å²) in [4.78, 5) is 23.4.